The van der Waals surface area contributed by atoms with E-state index >= 15 is 0 Å². The third-order valence-electron chi connectivity index (χ3n) is 4.62. The van der Waals surface area contributed by atoms with Crippen molar-refractivity contribution in [2.45, 2.75) is 13.0 Å². The van der Waals surface area contributed by atoms with E-state index in [4.69, 9.17) is 0 Å². The minimum Gasteiger partial charge on any atom is -0.334 e. The first-order chi connectivity index (χ1) is 11.6. The topological polar surface area (TPSA) is 55.2 Å². The van der Waals surface area contributed by atoms with Crippen molar-refractivity contribution in [3.05, 3.63) is 75.7 Å². The fraction of sp³-hybridized carbons (Fsp3) is 0.211. The van der Waals surface area contributed by atoms with Crippen LogP contribution >= 0.6 is 0 Å². The first-order valence-electron chi connectivity index (χ1n) is 7.96. The van der Waals surface area contributed by atoms with Crippen LogP contribution in [0.15, 0.2) is 53.5 Å². The van der Waals surface area contributed by atoms with Gasteiger partial charge in [-0.3, -0.25) is 14.2 Å². The van der Waals surface area contributed by atoms with E-state index in [1.54, 1.807) is 30.3 Å². The highest BCUT2D eigenvalue weighted by Gasteiger charge is 2.24. The third kappa shape index (κ3) is 2.29. The van der Waals surface area contributed by atoms with Gasteiger partial charge in [0.1, 0.15) is 11.2 Å². The van der Waals surface area contributed by atoms with E-state index in [2.05, 4.69) is 11.1 Å². The summed E-state index contributed by atoms with van der Waals surface area (Å²) in [6, 6.07) is 13.5. The largest absolute Gasteiger partial charge is 0.334 e. The Kier molecular flexibility index (Phi) is 3.41. The zero-order chi connectivity index (χ0) is 16.7. The lowest BCUT2D eigenvalue weighted by molar-refractivity contribution is 0.0732. The van der Waals surface area contributed by atoms with Gasteiger partial charge in [-0.05, 0) is 35.7 Å². The number of pyridine rings is 2. The van der Waals surface area contributed by atoms with Gasteiger partial charge in [-0.15, -0.1) is 0 Å². The normalized spacial score (nSPS) is 13.8. The van der Waals surface area contributed by atoms with Gasteiger partial charge in [0.25, 0.3) is 11.5 Å². The zero-order valence-electron chi connectivity index (χ0n) is 13.4. The molecule has 0 unspecified atom stereocenters. The summed E-state index contributed by atoms with van der Waals surface area (Å²) >= 11 is 0. The highest BCUT2D eigenvalue weighted by molar-refractivity contribution is 5.97. The standard InChI is InChI=1S/C19H17N3O2/c1-21-17-14(7-4-9-20-17)11-16(18(21)23)19(24)22-10-8-13-5-2-3-6-15(13)12-22/h2-7,9,11H,8,10,12H2,1H3. The average molecular weight is 319 g/mol. The van der Waals surface area contributed by atoms with E-state index in [1.807, 2.05) is 24.3 Å². The van der Waals surface area contributed by atoms with Crippen molar-refractivity contribution < 1.29 is 4.79 Å². The van der Waals surface area contributed by atoms with Crippen molar-refractivity contribution in [1.82, 2.24) is 14.5 Å². The molecule has 0 spiro atoms. The van der Waals surface area contributed by atoms with Gasteiger partial charge in [-0.1, -0.05) is 24.3 Å². The Morgan fingerprint density at radius 1 is 1.12 bits per heavy atom. The number of amides is 1. The maximum atomic E-state index is 12.9. The van der Waals surface area contributed by atoms with Crippen molar-refractivity contribution in [2.75, 3.05) is 6.54 Å². The molecule has 0 aliphatic carbocycles. The Hall–Kier alpha value is -2.95. The van der Waals surface area contributed by atoms with Crippen molar-refractivity contribution in [1.29, 1.82) is 0 Å². The Labute approximate surface area is 139 Å². The van der Waals surface area contributed by atoms with Crippen LogP contribution in [-0.4, -0.2) is 26.9 Å². The number of hydrogen-bond donors (Lipinski definition) is 0. The number of rotatable bonds is 1. The second kappa shape index (κ2) is 5.60. The summed E-state index contributed by atoms with van der Waals surface area (Å²) in [5, 5.41) is 0.792. The van der Waals surface area contributed by atoms with Crippen molar-refractivity contribution in [2.24, 2.45) is 7.05 Å². The second-order valence-electron chi connectivity index (χ2n) is 6.08. The number of carbonyl (C=O) groups excluding carboxylic acids is 1. The molecule has 1 aromatic carbocycles. The van der Waals surface area contributed by atoms with Crippen LogP contribution in [0, 0.1) is 0 Å². The van der Waals surface area contributed by atoms with Gasteiger partial charge in [-0.25, -0.2) is 4.98 Å². The van der Waals surface area contributed by atoms with Crippen LogP contribution in [0.25, 0.3) is 11.0 Å². The predicted octanol–water partition coefficient (Wildman–Crippen LogP) is 2.13. The molecule has 5 heteroatoms. The number of aromatic nitrogens is 2. The molecule has 3 aromatic rings. The molecule has 3 heterocycles. The molecule has 1 amide bonds. The van der Waals surface area contributed by atoms with Crippen LogP contribution in [-0.2, 0) is 20.0 Å². The summed E-state index contributed by atoms with van der Waals surface area (Å²) in [4.78, 5) is 31.5. The Balaban J connectivity index is 1.74. The van der Waals surface area contributed by atoms with Crippen LogP contribution in [0.2, 0.25) is 0 Å². The molecule has 5 nitrogen and oxygen atoms in total. The van der Waals surface area contributed by atoms with Gasteiger partial charge < -0.3 is 4.90 Å². The van der Waals surface area contributed by atoms with Gasteiger partial charge in [0.05, 0.1) is 0 Å². The summed E-state index contributed by atoms with van der Waals surface area (Å²) in [7, 11) is 1.65. The van der Waals surface area contributed by atoms with E-state index in [-0.39, 0.29) is 17.0 Å². The Bertz CT molecular complexity index is 1010. The van der Waals surface area contributed by atoms with Gasteiger partial charge in [-0.2, -0.15) is 0 Å². The first-order valence-corrected chi connectivity index (χ1v) is 7.96. The highest BCUT2D eigenvalue weighted by atomic mass is 16.2. The van der Waals surface area contributed by atoms with Crippen molar-refractivity contribution in [3.63, 3.8) is 0 Å². The zero-order valence-corrected chi connectivity index (χ0v) is 13.4. The first kappa shape index (κ1) is 14.6. The van der Waals surface area contributed by atoms with Gasteiger partial charge in [0, 0.05) is 31.7 Å². The molecule has 4 rings (SSSR count). The number of carbonyl (C=O) groups is 1. The molecule has 24 heavy (non-hydrogen) atoms. The van der Waals surface area contributed by atoms with E-state index in [0.717, 1.165) is 17.4 Å². The smallest absolute Gasteiger partial charge is 0.264 e. The highest BCUT2D eigenvalue weighted by Crippen LogP contribution is 2.20. The summed E-state index contributed by atoms with van der Waals surface area (Å²) in [6.45, 7) is 1.17. The molecule has 0 saturated heterocycles. The maximum Gasteiger partial charge on any atom is 0.264 e. The molecule has 0 fully saturated rings. The second-order valence-corrected chi connectivity index (χ2v) is 6.08. The quantitative estimate of drug-likeness (QED) is 0.690. The van der Waals surface area contributed by atoms with E-state index < -0.39 is 0 Å². The average Bonchev–Trinajstić information content (AvgIpc) is 2.63. The van der Waals surface area contributed by atoms with Gasteiger partial charge >= 0.3 is 0 Å². The molecule has 1 aliphatic rings. The van der Waals surface area contributed by atoms with E-state index in [9.17, 15) is 9.59 Å². The monoisotopic (exact) mass is 319 g/mol. The molecular weight excluding hydrogens is 302 g/mol. The molecule has 120 valence electrons. The molecule has 2 aromatic heterocycles. The molecule has 0 saturated carbocycles. The molecule has 0 atom stereocenters. The molecule has 1 aliphatic heterocycles. The number of nitrogens with zero attached hydrogens (tertiary/aromatic N) is 3. The maximum absolute atomic E-state index is 12.9. The number of aryl methyl sites for hydroxylation is 1. The Morgan fingerprint density at radius 3 is 2.75 bits per heavy atom. The van der Waals surface area contributed by atoms with Crippen LogP contribution in [0.1, 0.15) is 21.5 Å². The van der Waals surface area contributed by atoms with Crippen molar-refractivity contribution >= 4 is 16.9 Å². The van der Waals surface area contributed by atoms with Gasteiger partial charge in [0.15, 0.2) is 0 Å². The molecule has 0 radical (unpaired) electrons. The lowest BCUT2D eigenvalue weighted by Crippen LogP contribution is -2.39. The summed E-state index contributed by atoms with van der Waals surface area (Å²) in [5.41, 5.74) is 2.92. The van der Waals surface area contributed by atoms with E-state index in [1.165, 1.54) is 10.1 Å². The number of hydrogen-bond acceptors (Lipinski definition) is 3. The number of fused-ring (bicyclic) bond motifs is 2. The fourth-order valence-corrected chi connectivity index (χ4v) is 3.29. The van der Waals surface area contributed by atoms with Crippen LogP contribution < -0.4 is 5.56 Å². The lowest BCUT2D eigenvalue weighted by Gasteiger charge is -2.28. The SMILES string of the molecule is Cn1c(=O)c(C(=O)N2CCc3ccccc3C2)cc2cccnc21. The van der Waals surface area contributed by atoms with Crippen LogP contribution in [0.5, 0.6) is 0 Å². The number of benzene rings is 1. The molecule has 0 bridgehead atoms. The summed E-state index contributed by atoms with van der Waals surface area (Å²) in [5.74, 6) is -0.212. The Morgan fingerprint density at radius 2 is 1.92 bits per heavy atom. The summed E-state index contributed by atoms with van der Waals surface area (Å²) in [6.07, 6.45) is 2.46. The molecular formula is C19H17N3O2. The minimum atomic E-state index is -0.301. The molecule has 0 N–H and O–H groups in total. The predicted molar refractivity (Wildman–Crippen MR) is 91.9 cm³/mol. The fourth-order valence-electron chi connectivity index (χ4n) is 3.29. The van der Waals surface area contributed by atoms with Crippen LogP contribution in [0.3, 0.4) is 0 Å². The van der Waals surface area contributed by atoms with Gasteiger partial charge in [0.2, 0.25) is 0 Å². The lowest BCUT2D eigenvalue weighted by atomic mass is 9.99. The van der Waals surface area contributed by atoms with Crippen LogP contribution in [0.4, 0.5) is 0 Å². The third-order valence-corrected chi connectivity index (χ3v) is 4.62. The summed E-state index contributed by atoms with van der Waals surface area (Å²) < 4.78 is 1.44. The minimum absolute atomic E-state index is 0.206. The van der Waals surface area contributed by atoms with Crippen molar-refractivity contribution in [3.8, 4) is 0 Å². The van der Waals surface area contributed by atoms with E-state index in [0.29, 0.717) is 18.7 Å².